The maximum atomic E-state index is 13.0. The molecule has 3 aromatic rings. The van der Waals surface area contributed by atoms with Crippen LogP contribution in [0.25, 0.3) is 5.52 Å². The third-order valence-corrected chi connectivity index (χ3v) is 4.99. The minimum absolute atomic E-state index is 0.00339. The highest BCUT2D eigenvalue weighted by atomic mass is 16.5. The number of hydrogen-bond donors (Lipinski definition) is 0. The summed E-state index contributed by atoms with van der Waals surface area (Å²) in [6, 6.07) is 13.4. The fourth-order valence-electron chi connectivity index (χ4n) is 3.63. The van der Waals surface area contributed by atoms with E-state index in [2.05, 4.69) is 5.10 Å². The molecule has 0 aliphatic carbocycles. The Hall–Kier alpha value is -3.02. The van der Waals surface area contributed by atoms with E-state index in [1.54, 1.807) is 24.9 Å². The zero-order valence-electron chi connectivity index (χ0n) is 14.9. The van der Waals surface area contributed by atoms with E-state index in [4.69, 9.17) is 9.47 Å². The van der Waals surface area contributed by atoms with Gasteiger partial charge in [-0.1, -0.05) is 6.07 Å². The van der Waals surface area contributed by atoms with Gasteiger partial charge in [-0.3, -0.25) is 4.79 Å². The molecule has 0 radical (unpaired) electrons. The van der Waals surface area contributed by atoms with Crippen LogP contribution in [0.2, 0.25) is 0 Å². The molecule has 0 bridgehead atoms. The Bertz CT molecular complexity index is 950. The van der Waals surface area contributed by atoms with Crippen molar-refractivity contribution < 1.29 is 14.3 Å². The highest BCUT2D eigenvalue weighted by Gasteiger charge is 2.31. The van der Waals surface area contributed by atoms with Crippen molar-refractivity contribution in [3.63, 3.8) is 0 Å². The number of hydrogen-bond acceptors (Lipinski definition) is 4. The van der Waals surface area contributed by atoms with Crippen LogP contribution in [0.3, 0.4) is 0 Å². The molecule has 1 saturated heterocycles. The topological polar surface area (TPSA) is 56.1 Å². The molecule has 1 aromatic carbocycles. The van der Waals surface area contributed by atoms with E-state index in [0.29, 0.717) is 18.8 Å². The molecule has 6 nitrogen and oxygen atoms in total. The maximum Gasteiger partial charge on any atom is 0.272 e. The SMILES string of the molecule is COc1ccc(OC)c([C@H]2CCN(C(=O)c3cccc4ccnn34)C2)c1. The van der Waals surface area contributed by atoms with Crippen molar-refractivity contribution in [1.82, 2.24) is 14.5 Å². The number of pyridine rings is 1. The Morgan fingerprint density at radius 3 is 2.85 bits per heavy atom. The van der Waals surface area contributed by atoms with Crippen molar-refractivity contribution in [1.29, 1.82) is 0 Å². The summed E-state index contributed by atoms with van der Waals surface area (Å²) in [5, 5.41) is 4.27. The number of likely N-dealkylation sites (tertiary alicyclic amines) is 1. The van der Waals surface area contributed by atoms with E-state index in [0.717, 1.165) is 29.0 Å². The Balaban J connectivity index is 1.59. The smallest absolute Gasteiger partial charge is 0.272 e. The second-order valence-electron chi connectivity index (χ2n) is 6.42. The van der Waals surface area contributed by atoms with Crippen LogP contribution in [0.1, 0.15) is 28.4 Å². The number of rotatable bonds is 4. The first-order valence-corrected chi connectivity index (χ1v) is 8.65. The number of benzene rings is 1. The zero-order chi connectivity index (χ0) is 18.1. The molecule has 1 fully saturated rings. The van der Waals surface area contributed by atoms with E-state index in [-0.39, 0.29) is 11.8 Å². The number of ether oxygens (including phenoxy) is 2. The van der Waals surface area contributed by atoms with Crippen LogP contribution < -0.4 is 9.47 Å². The normalized spacial score (nSPS) is 16.8. The summed E-state index contributed by atoms with van der Waals surface area (Å²) in [6.07, 6.45) is 2.60. The summed E-state index contributed by atoms with van der Waals surface area (Å²) in [4.78, 5) is 14.9. The molecule has 0 N–H and O–H groups in total. The lowest BCUT2D eigenvalue weighted by molar-refractivity contribution is 0.0782. The highest BCUT2D eigenvalue weighted by molar-refractivity contribution is 5.93. The van der Waals surface area contributed by atoms with Crippen LogP contribution in [-0.4, -0.2) is 47.7 Å². The number of fused-ring (bicyclic) bond motifs is 1. The third kappa shape index (κ3) is 2.77. The average molecular weight is 351 g/mol. The van der Waals surface area contributed by atoms with E-state index >= 15 is 0 Å². The molecule has 1 aliphatic rings. The van der Waals surface area contributed by atoms with E-state index in [1.165, 1.54) is 0 Å². The molecule has 4 rings (SSSR count). The lowest BCUT2D eigenvalue weighted by atomic mass is 9.97. The molecular weight excluding hydrogens is 330 g/mol. The largest absolute Gasteiger partial charge is 0.497 e. The van der Waals surface area contributed by atoms with Gasteiger partial charge in [-0.15, -0.1) is 0 Å². The van der Waals surface area contributed by atoms with Crippen LogP contribution in [0, 0.1) is 0 Å². The Kier molecular flexibility index (Phi) is 4.24. The number of carbonyl (C=O) groups is 1. The van der Waals surface area contributed by atoms with Gasteiger partial charge in [-0.05, 0) is 42.8 Å². The van der Waals surface area contributed by atoms with Gasteiger partial charge in [-0.25, -0.2) is 4.52 Å². The van der Waals surface area contributed by atoms with Gasteiger partial charge in [0.25, 0.3) is 5.91 Å². The second kappa shape index (κ2) is 6.71. The minimum atomic E-state index is 0.00339. The van der Waals surface area contributed by atoms with Gasteiger partial charge in [0.1, 0.15) is 17.2 Å². The molecule has 0 saturated carbocycles. The van der Waals surface area contributed by atoms with Crippen LogP contribution in [0.15, 0.2) is 48.7 Å². The van der Waals surface area contributed by atoms with E-state index in [1.807, 2.05) is 47.4 Å². The predicted molar refractivity (Wildman–Crippen MR) is 98.0 cm³/mol. The van der Waals surface area contributed by atoms with Crippen LogP contribution in [0.5, 0.6) is 11.5 Å². The summed E-state index contributed by atoms with van der Waals surface area (Å²) in [7, 11) is 3.32. The number of carbonyl (C=O) groups excluding carboxylic acids is 1. The predicted octanol–water partition coefficient (Wildman–Crippen LogP) is 2.98. The summed E-state index contributed by atoms with van der Waals surface area (Å²) in [5.74, 6) is 1.86. The number of methoxy groups -OCH3 is 2. The summed E-state index contributed by atoms with van der Waals surface area (Å²) >= 11 is 0. The van der Waals surface area contributed by atoms with Gasteiger partial charge in [0, 0.05) is 24.6 Å². The Labute approximate surface area is 151 Å². The van der Waals surface area contributed by atoms with Crippen LogP contribution in [-0.2, 0) is 0 Å². The number of aromatic nitrogens is 2. The molecule has 0 unspecified atom stereocenters. The van der Waals surface area contributed by atoms with Crippen molar-refractivity contribution >= 4 is 11.4 Å². The van der Waals surface area contributed by atoms with Gasteiger partial charge in [0.15, 0.2) is 0 Å². The average Bonchev–Trinajstić information content (AvgIpc) is 3.36. The summed E-state index contributed by atoms with van der Waals surface area (Å²) < 4.78 is 12.6. The quantitative estimate of drug-likeness (QED) is 0.725. The molecule has 0 spiro atoms. The van der Waals surface area contributed by atoms with Gasteiger partial charge in [0.2, 0.25) is 0 Å². The van der Waals surface area contributed by atoms with E-state index < -0.39 is 0 Å². The molecule has 1 atom stereocenters. The van der Waals surface area contributed by atoms with Crippen molar-refractivity contribution in [2.75, 3.05) is 27.3 Å². The van der Waals surface area contributed by atoms with Gasteiger partial charge in [0.05, 0.1) is 25.9 Å². The molecule has 2 aromatic heterocycles. The van der Waals surface area contributed by atoms with Crippen molar-refractivity contribution in [3.05, 3.63) is 59.9 Å². The van der Waals surface area contributed by atoms with Crippen molar-refractivity contribution in [2.24, 2.45) is 0 Å². The zero-order valence-corrected chi connectivity index (χ0v) is 14.9. The standard InChI is InChI=1S/C20H21N3O3/c1-25-16-6-7-19(26-2)17(12-16)14-9-11-22(13-14)20(24)18-5-3-4-15-8-10-21-23(15)18/h3-8,10,12,14H,9,11,13H2,1-2H3/t14-/m0/s1. The lowest BCUT2D eigenvalue weighted by Gasteiger charge is -2.19. The van der Waals surface area contributed by atoms with Gasteiger partial charge >= 0.3 is 0 Å². The highest BCUT2D eigenvalue weighted by Crippen LogP contribution is 2.36. The fourth-order valence-corrected chi connectivity index (χ4v) is 3.63. The first-order chi connectivity index (χ1) is 12.7. The van der Waals surface area contributed by atoms with Crippen LogP contribution >= 0.6 is 0 Å². The lowest BCUT2D eigenvalue weighted by Crippen LogP contribution is -2.30. The third-order valence-electron chi connectivity index (χ3n) is 4.99. The summed E-state index contributed by atoms with van der Waals surface area (Å²) in [5.41, 5.74) is 2.59. The maximum absolute atomic E-state index is 13.0. The monoisotopic (exact) mass is 351 g/mol. The molecule has 6 heteroatoms. The first kappa shape index (κ1) is 16.4. The first-order valence-electron chi connectivity index (χ1n) is 8.65. The number of nitrogens with zero attached hydrogens (tertiary/aromatic N) is 3. The molecule has 3 heterocycles. The molecule has 134 valence electrons. The van der Waals surface area contributed by atoms with Crippen LogP contribution in [0.4, 0.5) is 0 Å². The molecular formula is C20H21N3O3. The second-order valence-corrected chi connectivity index (χ2v) is 6.42. The van der Waals surface area contributed by atoms with Crippen molar-refractivity contribution in [2.45, 2.75) is 12.3 Å². The Morgan fingerprint density at radius 1 is 1.15 bits per heavy atom. The Morgan fingerprint density at radius 2 is 2.04 bits per heavy atom. The molecule has 26 heavy (non-hydrogen) atoms. The van der Waals surface area contributed by atoms with Gasteiger partial charge < -0.3 is 14.4 Å². The summed E-state index contributed by atoms with van der Waals surface area (Å²) in [6.45, 7) is 1.36. The fraction of sp³-hybridized carbons (Fsp3) is 0.300. The van der Waals surface area contributed by atoms with Crippen molar-refractivity contribution in [3.8, 4) is 11.5 Å². The molecule has 1 amide bonds. The van der Waals surface area contributed by atoms with Gasteiger partial charge in [-0.2, -0.15) is 5.10 Å². The molecule has 1 aliphatic heterocycles. The minimum Gasteiger partial charge on any atom is -0.497 e. The number of amides is 1. The van der Waals surface area contributed by atoms with E-state index in [9.17, 15) is 4.79 Å².